The van der Waals surface area contributed by atoms with E-state index in [4.69, 9.17) is 17.3 Å². The average Bonchev–Trinajstić information content (AvgIpc) is 2.68. The quantitative estimate of drug-likeness (QED) is 0.723. The summed E-state index contributed by atoms with van der Waals surface area (Å²) in [5.74, 6) is -3.68. The summed E-state index contributed by atoms with van der Waals surface area (Å²) < 4.78 is 26.3. The average molecular weight is 256 g/mol. The number of hydrogen-bond acceptors (Lipinski definition) is 2. The lowest BCUT2D eigenvalue weighted by Crippen LogP contribution is -2.02. The van der Waals surface area contributed by atoms with Crippen molar-refractivity contribution in [2.45, 2.75) is 0 Å². The molecule has 7 heteroatoms. The fourth-order valence-electron chi connectivity index (χ4n) is 1.42. The molecule has 2 rings (SSSR count). The number of rotatable bonds is 2. The van der Waals surface area contributed by atoms with E-state index < -0.39 is 17.6 Å². The third kappa shape index (κ3) is 2.09. The Bertz CT molecular complexity index is 648. The van der Waals surface area contributed by atoms with Gasteiger partial charge in [0.15, 0.2) is 16.4 Å². The summed E-state index contributed by atoms with van der Waals surface area (Å²) in [5, 5.41) is 8.91. The summed E-state index contributed by atoms with van der Waals surface area (Å²) in [5.41, 5.74) is -0.0239. The third-order valence-corrected chi connectivity index (χ3v) is 2.40. The van der Waals surface area contributed by atoms with Gasteiger partial charge < -0.3 is 15.1 Å². The predicted octanol–water partition coefficient (Wildman–Crippen LogP) is 2.72. The highest BCUT2D eigenvalue weighted by molar-refractivity contribution is 7.71. The second-order valence-corrected chi connectivity index (χ2v) is 3.68. The van der Waals surface area contributed by atoms with Gasteiger partial charge in [-0.25, -0.2) is 13.6 Å². The van der Waals surface area contributed by atoms with Gasteiger partial charge >= 0.3 is 5.97 Å². The van der Waals surface area contributed by atoms with Gasteiger partial charge in [-0.15, -0.1) is 0 Å². The van der Waals surface area contributed by atoms with Crippen molar-refractivity contribution >= 4 is 18.2 Å². The van der Waals surface area contributed by atoms with Crippen LogP contribution in [0.15, 0.2) is 18.3 Å². The number of carboxylic acids is 1. The molecule has 2 aromatic rings. The maximum atomic E-state index is 13.1. The van der Waals surface area contributed by atoms with Crippen molar-refractivity contribution in [3.63, 3.8) is 0 Å². The minimum atomic E-state index is -1.35. The second kappa shape index (κ2) is 4.10. The molecule has 1 heterocycles. The van der Waals surface area contributed by atoms with Crippen molar-refractivity contribution < 1.29 is 18.7 Å². The smallest absolute Gasteiger partial charge is 0.336 e. The van der Waals surface area contributed by atoms with E-state index in [1.54, 1.807) is 0 Å². The molecule has 0 radical (unpaired) electrons. The van der Waals surface area contributed by atoms with Crippen LogP contribution in [0.2, 0.25) is 0 Å². The van der Waals surface area contributed by atoms with E-state index in [-0.39, 0.29) is 21.6 Å². The topological polar surface area (TPSA) is 68.9 Å². The van der Waals surface area contributed by atoms with E-state index in [0.29, 0.717) is 6.07 Å². The van der Waals surface area contributed by atoms with Crippen LogP contribution in [0.5, 0.6) is 0 Å². The van der Waals surface area contributed by atoms with Gasteiger partial charge in [0.25, 0.3) is 0 Å². The number of imidazole rings is 1. The molecule has 0 bridgehead atoms. The Morgan fingerprint density at radius 3 is 2.47 bits per heavy atom. The maximum absolute atomic E-state index is 13.1. The number of nitrogens with one attached hydrogen (secondary N) is 2. The fourth-order valence-corrected chi connectivity index (χ4v) is 1.59. The van der Waals surface area contributed by atoms with Crippen molar-refractivity contribution in [2.75, 3.05) is 0 Å². The van der Waals surface area contributed by atoms with Crippen LogP contribution < -0.4 is 0 Å². The molecular formula is C10H6F2N2O2S. The molecule has 0 aliphatic heterocycles. The molecule has 0 unspecified atom stereocenters. The fraction of sp³-hybridized carbons (Fsp3) is 0. The van der Waals surface area contributed by atoms with Crippen molar-refractivity contribution in [2.24, 2.45) is 0 Å². The maximum Gasteiger partial charge on any atom is 0.336 e. The Balaban J connectivity index is 2.71. The molecule has 0 aliphatic rings. The first-order valence-electron chi connectivity index (χ1n) is 4.49. The molecule has 0 fully saturated rings. The van der Waals surface area contributed by atoms with Gasteiger partial charge in [-0.05, 0) is 24.4 Å². The Morgan fingerprint density at radius 2 is 1.94 bits per heavy atom. The number of H-pyrrole nitrogens is 2. The summed E-state index contributed by atoms with van der Waals surface area (Å²) >= 11 is 4.77. The first kappa shape index (κ1) is 11.5. The number of aromatic nitrogens is 2. The largest absolute Gasteiger partial charge is 0.478 e. The first-order chi connectivity index (χ1) is 7.99. The number of benzene rings is 1. The lowest BCUT2D eigenvalue weighted by molar-refractivity contribution is 0.0697. The molecule has 0 saturated heterocycles. The van der Waals surface area contributed by atoms with E-state index in [9.17, 15) is 13.6 Å². The highest BCUT2D eigenvalue weighted by Crippen LogP contribution is 2.24. The van der Waals surface area contributed by atoms with Crippen molar-refractivity contribution in [3.8, 4) is 11.3 Å². The third-order valence-electron chi connectivity index (χ3n) is 2.18. The number of carbonyl (C=O) groups is 1. The Kier molecular flexibility index (Phi) is 2.76. The van der Waals surface area contributed by atoms with E-state index in [1.165, 1.54) is 6.20 Å². The lowest BCUT2D eigenvalue weighted by Gasteiger charge is -2.04. The minimum Gasteiger partial charge on any atom is -0.478 e. The number of aromatic amines is 2. The number of aromatic carboxylic acids is 1. The molecule has 88 valence electrons. The van der Waals surface area contributed by atoms with Crippen LogP contribution in [0.25, 0.3) is 11.3 Å². The highest BCUT2D eigenvalue weighted by Gasteiger charge is 2.17. The molecular weight excluding hydrogens is 250 g/mol. The van der Waals surface area contributed by atoms with Crippen LogP contribution >= 0.6 is 12.2 Å². The molecule has 0 spiro atoms. The molecule has 0 atom stereocenters. The zero-order chi connectivity index (χ0) is 12.6. The van der Waals surface area contributed by atoms with Gasteiger partial charge in [0, 0.05) is 11.8 Å². The summed E-state index contributed by atoms with van der Waals surface area (Å²) in [6.45, 7) is 0. The van der Waals surface area contributed by atoms with Gasteiger partial charge in [0.05, 0.1) is 11.3 Å². The summed E-state index contributed by atoms with van der Waals surface area (Å²) in [6, 6.07) is 1.45. The van der Waals surface area contributed by atoms with E-state index >= 15 is 0 Å². The van der Waals surface area contributed by atoms with Crippen LogP contribution in [-0.4, -0.2) is 21.0 Å². The van der Waals surface area contributed by atoms with E-state index in [1.807, 2.05) is 0 Å². The zero-order valence-corrected chi connectivity index (χ0v) is 9.07. The molecule has 0 aliphatic carbocycles. The standard InChI is InChI=1S/C10H6F2N2O2S/c11-6-1-4(8-3-13-10(17)14-8)5(9(15)16)2-7(6)12/h1-3H,(H,15,16)(H2,13,14,17). The van der Waals surface area contributed by atoms with Gasteiger partial charge in [0.2, 0.25) is 0 Å². The van der Waals surface area contributed by atoms with Crippen molar-refractivity contribution in [1.29, 1.82) is 0 Å². The molecule has 0 amide bonds. The summed E-state index contributed by atoms with van der Waals surface area (Å²) in [6.07, 6.45) is 1.39. The second-order valence-electron chi connectivity index (χ2n) is 3.27. The monoisotopic (exact) mass is 256 g/mol. The number of halogens is 2. The normalized spacial score (nSPS) is 10.5. The Hall–Kier alpha value is -2.02. The Labute approximate surface area is 98.9 Å². The summed E-state index contributed by atoms with van der Waals surface area (Å²) in [7, 11) is 0. The molecule has 3 N–H and O–H groups in total. The van der Waals surface area contributed by atoms with Crippen molar-refractivity contribution in [3.05, 3.63) is 40.3 Å². The molecule has 1 aromatic heterocycles. The van der Waals surface area contributed by atoms with Crippen LogP contribution in [0.1, 0.15) is 10.4 Å². The zero-order valence-electron chi connectivity index (χ0n) is 8.25. The van der Waals surface area contributed by atoms with Gasteiger partial charge in [-0.1, -0.05) is 0 Å². The first-order valence-corrected chi connectivity index (χ1v) is 4.90. The van der Waals surface area contributed by atoms with Gasteiger partial charge in [0.1, 0.15) is 0 Å². The lowest BCUT2D eigenvalue weighted by atomic mass is 10.0. The molecule has 0 saturated carbocycles. The molecule has 17 heavy (non-hydrogen) atoms. The Morgan fingerprint density at radius 1 is 1.29 bits per heavy atom. The van der Waals surface area contributed by atoms with Gasteiger partial charge in [-0.3, -0.25) is 0 Å². The van der Waals surface area contributed by atoms with E-state index in [2.05, 4.69) is 9.97 Å². The minimum absolute atomic E-state index is 0.0313. The van der Waals surface area contributed by atoms with E-state index in [0.717, 1.165) is 6.07 Å². The SMILES string of the molecule is O=C(O)c1cc(F)c(F)cc1-c1c[nH]c(=S)[nH]1. The summed E-state index contributed by atoms with van der Waals surface area (Å²) in [4.78, 5) is 16.2. The van der Waals surface area contributed by atoms with Crippen LogP contribution in [0.3, 0.4) is 0 Å². The number of carboxylic acid groups (broad SMARTS) is 1. The molecule has 1 aromatic carbocycles. The van der Waals surface area contributed by atoms with Crippen LogP contribution in [-0.2, 0) is 0 Å². The van der Waals surface area contributed by atoms with Crippen molar-refractivity contribution in [1.82, 2.24) is 9.97 Å². The van der Waals surface area contributed by atoms with Gasteiger partial charge in [-0.2, -0.15) is 0 Å². The van der Waals surface area contributed by atoms with Crippen LogP contribution in [0, 0.1) is 16.4 Å². The highest BCUT2D eigenvalue weighted by atomic mass is 32.1. The van der Waals surface area contributed by atoms with Crippen LogP contribution in [0.4, 0.5) is 8.78 Å². The molecule has 4 nitrogen and oxygen atoms in total. The number of hydrogen-bond donors (Lipinski definition) is 3. The predicted molar refractivity (Wildman–Crippen MR) is 58.3 cm³/mol.